The van der Waals surface area contributed by atoms with Gasteiger partial charge in [0.1, 0.15) is 0 Å². The molecule has 0 aliphatic carbocycles. The van der Waals surface area contributed by atoms with Crippen LogP contribution in [0.4, 0.5) is 0 Å². The van der Waals surface area contributed by atoms with Gasteiger partial charge in [0.25, 0.3) is 5.56 Å². The number of nitrogens with zero attached hydrogens (tertiary/aromatic N) is 1. The Morgan fingerprint density at radius 2 is 2.14 bits per heavy atom. The smallest absolute Gasteiger partial charge is 0.303 e. The lowest BCUT2D eigenvalue weighted by Crippen LogP contribution is -2.28. The fourth-order valence-electron chi connectivity index (χ4n) is 0.909. The molecule has 5 nitrogen and oxygen atoms in total. The van der Waals surface area contributed by atoms with Crippen LogP contribution < -0.4 is 11.2 Å². The van der Waals surface area contributed by atoms with Crippen LogP contribution in [0.25, 0.3) is 6.08 Å². The van der Waals surface area contributed by atoms with Crippen LogP contribution in [-0.2, 0) is 11.8 Å². The molecule has 14 heavy (non-hydrogen) atoms. The SMILES string of the molecule is CC(=O)/C=C/c1cn(C)c(=O)[nH]c1=O. The normalized spacial score (nSPS) is 10.7. The third-order valence-corrected chi connectivity index (χ3v) is 1.63. The van der Waals surface area contributed by atoms with Crippen LogP contribution in [0.5, 0.6) is 0 Å². The zero-order chi connectivity index (χ0) is 10.7. The van der Waals surface area contributed by atoms with E-state index in [2.05, 4.69) is 4.98 Å². The number of allylic oxidation sites excluding steroid dienone is 1. The lowest BCUT2D eigenvalue weighted by molar-refractivity contribution is -0.112. The summed E-state index contributed by atoms with van der Waals surface area (Å²) >= 11 is 0. The van der Waals surface area contributed by atoms with Crippen LogP contribution in [0.3, 0.4) is 0 Å². The molecule has 0 aromatic carbocycles. The minimum atomic E-state index is -0.495. The van der Waals surface area contributed by atoms with Crippen molar-refractivity contribution in [3.63, 3.8) is 0 Å². The highest BCUT2D eigenvalue weighted by molar-refractivity contribution is 5.91. The molecule has 5 heteroatoms. The standard InChI is InChI=1S/C9H10N2O3/c1-6(12)3-4-7-5-11(2)9(14)10-8(7)13/h3-5H,1-2H3,(H,10,13,14)/b4-3+. The molecule has 0 unspecified atom stereocenters. The zero-order valence-electron chi connectivity index (χ0n) is 7.90. The second-order valence-electron chi connectivity index (χ2n) is 2.90. The molecule has 0 aliphatic rings. The number of aryl methyl sites for hydroxylation is 1. The summed E-state index contributed by atoms with van der Waals surface area (Å²) in [5.41, 5.74) is -0.692. The van der Waals surface area contributed by atoms with Crippen LogP contribution in [0.2, 0.25) is 0 Å². The van der Waals surface area contributed by atoms with Crippen molar-refractivity contribution in [2.45, 2.75) is 6.92 Å². The molecule has 0 fully saturated rings. The lowest BCUT2D eigenvalue weighted by Gasteiger charge is -1.96. The molecule has 1 rings (SSSR count). The summed E-state index contributed by atoms with van der Waals surface area (Å²) in [7, 11) is 1.52. The highest BCUT2D eigenvalue weighted by Crippen LogP contribution is 1.90. The molecule has 1 aromatic heterocycles. The molecule has 1 aromatic rings. The van der Waals surface area contributed by atoms with Gasteiger partial charge in [-0.3, -0.25) is 14.6 Å². The van der Waals surface area contributed by atoms with Crippen molar-refractivity contribution in [1.29, 1.82) is 0 Å². The summed E-state index contributed by atoms with van der Waals surface area (Å²) in [5.74, 6) is -0.154. The maximum absolute atomic E-state index is 11.2. The highest BCUT2D eigenvalue weighted by atomic mass is 16.2. The first-order valence-corrected chi connectivity index (χ1v) is 3.99. The van der Waals surface area contributed by atoms with Crippen LogP contribution in [0.1, 0.15) is 12.5 Å². The fourth-order valence-corrected chi connectivity index (χ4v) is 0.909. The van der Waals surface area contributed by atoms with E-state index < -0.39 is 11.2 Å². The van der Waals surface area contributed by atoms with Crippen molar-refractivity contribution in [2.75, 3.05) is 0 Å². The number of carbonyl (C=O) groups is 1. The summed E-state index contributed by atoms with van der Waals surface area (Å²) in [4.78, 5) is 34.9. The Morgan fingerprint density at radius 3 is 2.71 bits per heavy atom. The Morgan fingerprint density at radius 1 is 1.50 bits per heavy atom. The van der Waals surface area contributed by atoms with E-state index >= 15 is 0 Å². The maximum Gasteiger partial charge on any atom is 0.328 e. The summed E-state index contributed by atoms with van der Waals surface area (Å²) in [5, 5.41) is 0. The quantitative estimate of drug-likeness (QED) is 0.655. The van der Waals surface area contributed by atoms with Gasteiger partial charge in [-0.05, 0) is 19.1 Å². The van der Waals surface area contributed by atoms with Crippen LogP contribution in [-0.4, -0.2) is 15.3 Å². The van der Waals surface area contributed by atoms with Crippen molar-refractivity contribution < 1.29 is 4.79 Å². The molecule has 74 valence electrons. The highest BCUT2D eigenvalue weighted by Gasteiger charge is 1.98. The van der Waals surface area contributed by atoms with Gasteiger partial charge in [-0.25, -0.2) is 4.79 Å². The van der Waals surface area contributed by atoms with Crippen molar-refractivity contribution in [2.24, 2.45) is 7.05 Å². The van der Waals surface area contributed by atoms with E-state index in [9.17, 15) is 14.4 Å². The Labute approximate surface area is 79.7 Å². The van der Waals surface area contributed by atoms with Gasteiger partial charge in [0.15, 0.2) is 5.78 Å². The number of ketones is 1. The average molecular weight is 194 g/mol. The summed E-state index contributed by atoms with van der Waals surface area (Å²) in [6.07, 6.45) is 4.02. The third-order valence-electron chi connectivity index (χ3n) is 1.63. The van der Waals surface area contributed by atoms with Gasteiger partial charge in [0.2, 0.25) is 0 Å². The summed E-state index contributed by atoms with van der Waals surface area (Å²) in [6, 6.07) is 0. The van der Waals surface area contributed by atoms with E-state index in [4.69, 9.17) is 0 Å². The van der Waals surface area contributed by atoms with Crippen LogP contribution in [0, 0.1) is 0 Å². The number of aromatic amines is 1. The van der Waals surface area contributed by atoms with Gasteiger partial charge in [0.05, 0.1) is 5.56 Å². The van der Waals surface area contributed by atoms with Crippen molar-refractivity contribution in [3.8, 4) is 0 Å². The van der Waals surface area contributed by atoms with Gasteiger partial charge in [-0.15, -0.1) is 0 Å². The number of hydrogen-bond donors (Lipinski definition) is 1. The number of hydrogen-bond acceptors (Lipinski definition) is 3. The molecule has 0 bridgehead atoms. The number of aromatic nitrogens is 2. The third kappa shape index (κ3) is 2.29. The maximum atomic E-state index is 11.2. The summed E-state index contributed by atoms with van der Waals surface area (Å²) < 4.78 is 1.24. The van der Waals surface area contributed by atoms with Gasteiger partial charge in [-0.1, -0.05) is 0 Å². The Kier molecular flexibility index (Phi) is 2.81. The molecule has 0 saturated heterocycles. The van der Waals surface area contributed by atoms with E-state index in [1.54, 1.807) is 0 Å². The van der Waals surface area contributed by atoms with Gasteiger partial charge in [0, 0.05) is 13.2 Å². The Bertz CT molecular complexity index is 494. The molecule has 0 spiro atoms. The minimum absolute atomic E-state index is 0.154. The average Bonchev–Trinajstić information content (AvgIpc) is 2.09. The van der Waals surface area contributed by atoms with Crippen molar-refractivity contribution >= 4 is 11.9 Å². The molecular weight excluding hydrogens is 184 g/mol. The largest absolute Gasteiger partial charge is 0.328 e. The molecule has 1 heterocycles. The van der Waals surface area contributed by atoms with E-state index in [0.717, 1.165) is 0 Å². The molecule has 1 N–H and O–H groups in total. The molecule has 0 aliphatic heterocycles. The van der Waals surface area contributed by atoms with E-state index in [1.807, 2.05) is 0 Å². The molecule has 0 saturated carbocycles. The summed E-state index contributed by atoms with van der Waals surface area (Å²) in [6.45, 7) is 1.38. The molecular formula is C9H10N2O3. The monoisotopic (exact) mass is 194 g/mol. The number of H-pyrrole nitrogens is 1. The number of rotatable bonds is 2. The fraction of sp³-hybridized carbons (Fsp3) is 0.222. The number of carbonyl (C=O) groups excluding carboxylic acids is 1. The second kappa shape index (κ2) is 3.87. The molecule has 0 amide bonds. The van der Waals surface area contributed by atoms with Crippen molar-refractivity contribution in [3.05, 3.63) is 38.7 Å². The van der Waals surface area contributed by atoms with Gasteiger partial charge in [-0.2, -0.15) is 0 Å². The number of nitrogens with one attached hydrogen (secondary N) is 1. The van der Waals surface area contributed by atoms with Crippen molar-refractivity contribution in [1.82, 2.24) is 9.55 Å². The van der Waals surface area contributed by atoms with Crippen LogP contribution >= 0.6 is 0 Å². The Balaban J connectivity index is 3.24. The minimum Gasteiger partial charge on any atom is -0.303 e. The molecule has 0 atom stereocenters. The van der Waals surface area contributed by atoms with E-state index in [-0.39, 0.29) is 11.3 Å². The first kappa shape index (κ1) is 10.2. The van der Waals surface area contributed by atoms with E-state index in [1.165, 1.54) is 36.9 Å². The predicted molar refractivity (Wildman–Crippen MR) is 52.0 cm³/mol. The molecule has 0 radical (unpaired) electrons. The topological polar surface area (TPSA) is 71.9 Å². The van der Waals surface area contributed by atoms with Gasteiger partial charge < -0.3 is 4.57 Å². The Hall–Kier alpha value is -1.91. The zero-order valence-corrected chi connectivity index (χ0v) is 7.90. The first-order valence-electron chi connectivity index (χ1n) is 3.99. The van der Waals surface area contributed by atoms with Crippen LogP contribution in [0.15, 0.2) is 21.9 Å². The first-order chi connectivity index (χ1) is 6.50. The lowest BCUT2D eigenvalue weighted by atomic mass is 10.3. The van der Waals surface area contributed by atoms with E-state index in [0.29, 0.717) is 0 Å². The van der Waals surface area contributed by atoms with Gasteiger partial charge >= 0.3 is 5.69 Å². The second-order valence-corrected chi connectivity index (χ2v) is 2.90. The predicted octanol–water partition coefficient (Wildman–Crippen LogP) is -0.324.